The molecule has 0 saturated carbocycles. The number of amides is 1. The summed E-state index contributed by atoms with van der Waals surface area (Å²) in [6.07, 6.45) is 1.99. The van der Waals surface area contributed by atoms with Gasteiger partial charge in [0.05, 0.1) is 13.2 Å². The Morgan fingerprint density at radius 3 is 3.00 bits per heavy atom. The fourth-order valence-electron chi connectivity index (χ4n) is 2.66. The van der Waals surface area contributed by atoms with Gasteiger partial charge in [-0.2, -0.15) is 0 Å². The Balaban J connectivity index is 1.56. The number of hydrazine groups is 2. The van der Waals surface area contributed by atoms with Gasteiger partial charge in [-0.3, -0.25) is 10.2 Å². The van der Waals surface area contributed by atoms with Crippen LogP contribution in [0.15, 0.2) is 11.8 Å². The molecule has 19 heavy (non-hydrogen) atoms. The first-order chi connectivity index (χ1) is 9.24. The van der Waals surface area contributed by atoms with E-state index in [1.807, 2.05) is 11.1 Å². The molecule has 2 unspecified atom stereocenters. The zero-order valence-electron chi connectivity index (χ0n) is 11.2. The molecule has 0 bridgehead atoms. The quantitative estimate of drug-likeness (QED) is 0.552. The molecule has 0 radical (unpaired) electrons. The van der Waals surface area contributed by atoms with E-state index in [1.165, 1.54) is 0 Å². The zero-order valence-corrected chi connectivity index (χ0v) is 11.2. The van der Waals surface area contributed by atoms with Crippen LogP contribution in [0.4, 0.5) is 0 Å². The van der Waals surface area contributed by atoms with Gasteiger partial charge in [0.1, 0.15) is 6.04 Å². The molecular weight excluding hydrogens is 246 g/mol. The minimum Gasteiger partial charge on any atom is -0.377 e. The van der Waals surface area contributed by atoms with Crippen molar-refractivity contribution in [1.82, 2.24) is 26.2 Å². The maximum Gasteiger partial charge on any atom is 0.254 e. The molecule has 7 nitrogen and oxygen atoms in total. The van der Waals surface area contributed by atoms with E-state index < -0.39 is 0 Å². The number of ether oxygens (including phenoxy) is 1. The number of carbonyl (C=O) groups is 1. The summed E-state index contributed by atoms with van der Waals surface area (Å²) in [6, 6.07) is -0.258. The fourth-order valence-corrected chi connectivity index (χ4v) is 2.66. The summed E-state index contributed by atoms with van der Waals surface area (Å²) in [5.41, 5.74) is 10.2. The van der Waals surface area contributed by atoms with Crippen molar-refractivity contribution < 1.29 is 9.53 Å². The molecule has 3 heterocycles. The predicted octanol–water partition coefficient (Wildman–Crippen LogP) is -1.73. The zero-order chi connectivity index (χ0) is 13.2. The van der Waals surface area contributed by atoms with Gasteiger partial charge in [-0.15, -0.1) is 0 Å². The summed E-state index contributed by atoms with van der Waals surface area (Å²) in [5, 5.41) is 2.00. The molecule has 106 valence electrons. The van der Waals surface area contributed by atoms with Gasteiger partial charge in [0.25, 0.3) is 5.91 Å². The Bertz CT molecular complexity index is 378. The highest BCUT2D eigenvalue weighted by Crippen LogP contribution is 2.22. The lowest BCUT2D eigenvalue weighted by molar-refractivity contribution is -0.129. The molecule has 0 aromatic heterocycles. The molecule has 3 rings (SSSR count). The van der Waals surface area contributed by atoms with Crippen molar-refractivity contribution in [2.24, 2.45) is 5.92 Å². The molecule has 2 saturated heterocycles. The van der Waals surface area contributed by atoms with Crippen LogP contribution >= 0.6 is 0 Å². The smallest absolute Gasteiger partial charge is 0.254 e. The Kier molecular flexibility index (Phi) is 3.69. The van der Waals surface area contributed by atoms with Crippen LogP contribution in [0.5, 0.6) is 0 Å². The van der Waals surface area contributed by atoms with Crippen molar-refractivity contribution in [3.05, 3.63) is 11.8 Å². The number of carbonyl (C=O) groups excluding carboxylic acids is 1. The van der Waals surface area contributed by atoms with Gasteiger partial charge in [0.15, 0.2) is 0 Å². The number of likely N-dealkylation sites (N-methyl/N-ethyl adjacent to an activating group) is 1. The van der Waals surface area contributed by atoms with Crippen molar-refractivity contribution in [2.75, 3.05) is 46.4 Å². The second kappa shape index (κ2) is 5.46. The minimum atomic E-state index is -0.258. The third-order valence-corrected chi connectivity index (χ3v) is 3.95. The summed E-state index contributed by atoms with van der Waals surface area (Å²) >= 11 is 0. The Morgan fingerprint density at radius 1 is 1.42 bits per heavy atom. The number of nitrogens with one attached hydrogen (secondary N) is 3. The van der Waals surface area contributed by atoms with Gasteiger partial charge in [0.2, 0.25) is 0 Å². The average molecular weight is 267 g/mol. The highest BCUT2D eigenvalue weighted by molar-refractivity contribution is 5.82. The van der Waals surface area contributed by atoms with Crippen LogP contribution in [-0.4, -0.2) is 68.3 Å². The molecule has 1 amide bonds. The third kappa shape index (κ3) is 2.74. The number of fused-ring (bicyclic) bond motifs is 1. The normalized spacial score (nSPS) is 32.4. The second-order valence-corrected chi connectivity index (χ2v) is 5.32. The van der Waals surface area contributed by atoms with E-state index in [0.717, 1.165) is 31.9 Å². The summed E-state index contributed by atoms with van der Waals surface area (Å²) in [7, 11) is 2.10. The van der Waals surface area contributed by atoms with Crippen molar-refractivity contribution in [3.8, 4) is 0 Å². The number of hydrogen-bond acceptors (Lipinski definition) is 6. The lowest BCUT2D eigenvalue weighted by Crippen LogP contribution is -2.57. The topological polar surface area (TPSA) is 68.9 Å². The van der Waals surface area contributed by atoms with Crippen LogP contribution in [0.1, 0.15) is 0 Å². The van der Waals surface area contributed by atoms with Gasteiger partial charge in [-0.05, 0) is 13.1 Å². The standard InChI is InChI=1S/C12H21N5O2/c1-16-3-5-17(6-4-16)15-12(18)11-9-8-19-7-2-10(9)13-14-11/h2,9,11,13-14H,3-8H2,1H3,(H,15,18). The molecule has 3 N–H and O–H groups in total. The number of nitrogens with zero attached hydrogens (tertiary/aromatic N) is 2. The van der Waals surface area contributed by atoms with E-state index in [2.05, 4.69) is 28.2 Å². The van der Waals surface area contributed by atoms with Crippen molar-refractivity contribution in [1.29, 1.82) is 0 Å². The number of hydrogen-bond donors (Lipinski definition) is 3. The van der Waals surface area contributed by atoms with E-state index in [9.17, 15) is 4.79 Å². The maximum atomic E-state index is 12.3. The average Bonchev–Trinajstić information content (AvgIpc) is 2.85. The van der Waals surface area contributed by atoms with E-state index in [-0.39, 0.29) is 17.9 Å². The van der Waals surface area contributed by atoms with Crippen LogP contribution in [0.2, 0.25) is 0 Å². The van der Waals surface area contributed by atoms with E-state index >= 15 is 0 Å². The van der Waals surface area contributed by atoms with Gasteiger partial charge in [-0.25, -0.2) is 10.4 Å². The monoisotopic (exact) mass is 267 g/mol. The lowest BCUT2D eigenvalue weighted by Gasteiger charge is -2.33. The molecule has 7 heteroatoms. The molecule has 0 spiro atoms. The number of rotatable bonds is 2. The van der Waals surface area contributed by atoms with Crippen LogP contribution in [0, 0.1) is 5.92 Å². The Hall–Kier alpha value is -1.15. The third-order valence-electron chi connectivity index (χ3n) is 3.95. The molecule has 2 fully saturated rings. The fraction of sp³-hybridized carbons (Fsp3) is 0.750. The minimum absolute atomic E-state index is 0.0101. The van der Waals surface area contributed by atoms with Crippen LogP contribution in [0.25, 0.3) is 0 Å². The SMILES string of the molecule is CN1CCN(NC(=O)C2NNC3=CCOCC32)CC1. The highest BCUT2D eigenvalue weighted by atomic mass is 16.5. The molecule has 0 aromatic carbocycles. The van der Waals surface area contributed by atoms with Gasteiger partial charge in [0, 0.05) is 37.8 Å². The Morgan fingerprint density at radius 2 is 2.21 bits per heavy atom. The van der Waals surface area contributed by atoms with Crippen molar-refractivity contribution in [2.45, 2.75) is 6.04 Å². The molecule has 0 aliphatic carbocycles. The first-order valence-electron chi connectivity index (χ1n) is 6.77. The van der Waals surface area contributed by atoms with E-state index in [4.69, 9.17) is 4.74 Å². The highest BCUT2D eigenvalue weighted by Gasteiger charge is 2.38. The van der Waals surface area contributed by atoms with Crippen molar-refractivity contribution in [3.63, 3.8) is 0 Å². The van der Waals surface area contributed by atoms with Gasteiger partial charge < -0.3 is 15.1 Å². The summed E-state index contributed by atoms with van der Waals surface area (Å²) < 4.78 is 5.41. The largest absolute Gasteiger partial charge is 0.377 e. The van der Waals surface area contributed by atoms with Gasteiger partial charge in [-0.1, -0.05) is 0 Å². The maximum absolute atomic E-state index is 12.3. The van der Waals surface area contributed by atoms with E-state index in [1.54, 1.807) is 0 Å². The van der Waals surface area contributed by atoms with E-state index in [0.29, 0.717) is 13.2 Å². The molecule has 0 aromatic rings. The van der Waals surface area contributed by atoms with Crippen LogP contribution in [-0.2, 0) is 9.53 Å². The summed E-state index contributed by atoms with van der Waals surface area (Å²) in [6.45, 7) is 4.90. The first-order valence-corrected chi connectivity index (χ1v) is 6.77. The number of piperazine rings is 1. The van der Waals surface area contributed by atoms with Crippen LogP contribution < -0.4 is 16.3 Å². The molecule has 3 aliphatic heterocycles. The molecular formula is C12H21N5O2. The molecule has 2 atom stereocenters. The predicted molar refractivity (Wildman–Crippen MR) is 69.7 cm³/mol. The van der Waals surface area contributed by atoms with Crippen molar-refractivity contribution >= 4 is 5.91 Å². The summed E-state index contributed by atoms with van der Waals surface area (Å²) in [5.74, 6) is 0.108. The van der Waals surface area contributed by atoms with Crippen LogP contribution in [0.3, 0.4) is 0 Å². The Labute approximate surface area is 112 Å². The second-order valence-electron chi connectivity index (χ2n) is 5.32. The first kappa shape index (κ1) is 12.9. The molecule has 3 aliphatic rings. The lowest BCUT2D eigenvalue weighted by atomic mass is 9.97. The summed E-state index contributed by atoms with van der Waals surface area (Å²) in [4.78, 5) is 14.6. The van der Waals surface area contributed by atoms with Gasteiger partial charge >= 0.3 is 0 Å².